The van der Waals surface area contributed by atoms with Gasteiger partial charge in [-0.2, -0.15) is 0 Å². The molecule has 0 radical (unpaired) electrons. The molecular formula is C25H33N3O3S. The molecule has 2 heterocycles. The standard InChI is InChI=1S/C25H33N3O3S/c1-20-26-24-17-23(9-10-25(24)32-20)31-19-21(29)18-28-14-12-27(13-15-28)11-5-6-16-30-22-7-3-2-4-8-22/h2-4,7-10,17,21,29H,5-6,11-16,18-19H2,1H3/t21-/m1/s1. The topological polar surface area (TPSA) is 58.1 Å². The van der Waals surface area contributed by atoms with Crippen molar-refractivity contribution in [2.24, 2.45) is 0 Å². The summed E-state index contributed by atoms with van der Waals surface area (Å²) in [6.07, 6.45) is 1.72. The highest BCUT2D eigenvalue weighted by atomic mass is 32.1. The molecule has 0 aliphatic carbocycles. The lowest BCUT2D eigenvalue weighted by Crippen LogP contribution is -2.49. The van der Waals surface area contributed by atoms with Crippen molar-refractivity contribution >= 4 is 21.6 Å². The number of unbranched alkanes of at least 4 members (excludes halogenated alkanes) is 1. The van der Waals surface area contributed by atoms with Crippen molar-refractivity contribution in [1.82, 2.24) is 14.8 Å². The number of aromatic nitrogens is 1. The normalized spacial score (nSPS) is 16.3. The molecule has 3 aromatic rings. The third-order valence-corrected chi connectivity index (χ3v) is 6.67. The molecule has 0 unspecified atom stereocenters. The van der Waals surface area contributed by atoms with Gasteiger partial charge in [0.2, 0.25) is 0 Å². The predicted octanol–water partition coefficient (Wildman–Crippen LogP) is 3.82. The molecule has 1 atom stereocenters. The van der Waals surface area contributed by atoms with Crippen LogP contribution in [0, 0.1) is 6.92 Å². The lowest BCUT2D eigenvalue weighted by atomic mass is 10.2. The van der Waals surface area contributed by atoms with Gasteiger partial charge in [0, 0.05) is 38.8 Å². The van der Waals surface area contributed by atoms with Crippen LogP contribution in [-0.4, -0.2) is 78.5 Å². The highest BCUT2D eigenvalue weighted by Crippen LogP contribution is 2.25. The number of thiazole rings is 1. The van der Waals surface area contributed by atoms with Gasteiger partial charge in [0.15, 0.2) is 0 Å². The van der Waals surface area contributed by atoms with Crippen LogP contribution in [0.1, 0.15) is 17.8 Å². The molecule has 0 spiro atoms. The van der Waals surface area contributed by atoms with E-state index in [2.05, 4.69) is 14.8 Å². The Bertz CT molecular complexity index is 957. The summed E-state index contributed by atoms with van der Waals surface area (Å²) in [7, 11) is 0. The zero-order chi connectivity index (χ0) is 22.2. The Morgan fingerprint density at radius 1 is 0.969 bits per heavy atom. The van der Waals surface area contributed by atoms with Crippen LogP contribution in [0.2, 0.25) is 0 Å². The van der Waals surface area contributed by atoms with E-state index >= 15 is 0 Å². The highest BCUT2D eigenvalue weighted by molar-refractivity contribution is 7.18. The largest absolute Gasteiger partial charge is 0.494 e. The highest BCUT2D eigenvalue weighted by Gasteiger charge is 2.19. The minimum atomic E-state index is -0.496. The molecule has 1 aliphatic heterocycles. The van der Waals surface area contributed by atoms with E-state index in [0.717, 1.165) is 78.9 Å². The summed E-state index contributed by atoms with van der Waals surface area (Å²) in [6.45, 7) is 8.91. The van der Waals surface area contributed by atoms with Crippen LogP contribution in [0.25, 0.3) is 10.2 Å². The Balaban J connectivity index is 1.08. The number of aliphatic hydroxyl groups is 1. The summed E-state index contributed by atoms with van der Waals surface area (Å²) in [5.41, 5.74) is 0.960. The van der Waals surface area contributed by atoms with Crippen LogP contribution in [-0.2, 0) is 0 Å². The number of benzene rings is 2. The van der Waals surface area contributed by atoms with E-state index in [9.17, 15) is 5.11 Å². The first kappa shape index (κ1) is 23.0. The van der Waals surface area contributed by atoms with Crippen molar-refractivity contribution in [3.8, 4) is 11.5 Å². The second kappa shape index (κ2) is 11.6. The number of rotatable bonds is 11. The van der Waals surface area contributed by atoms with Crippen molar-refractivity contribution in [1.29, 1.82) is 0 Å². The Morgan fingerprint density at radius 2 is 1.75 bits per heavy atom. The fourth-order valence-electron chi connectivity index (χ4n) is 4.00. The Labute approximate surface area is 194 Å². The van der Waals surface area contributed by atoms with E-state index in [-0.39, 0.29) is 0 Å². The van der Waals surface area contributed by atoms with Crippen molar-refractivity contribution in [3.63, 3.8) is 0 Å². The monoisotopic (exact) mass is 455 g/mol. The predicted molar refractivity (Wildman–Crippen MR) is 130 cm³/mol. The van der Waals surface area contributed by atoms with Gasteiger partial charge in [-0.15, -0.1) is 11.3 Å². The van der Waals surface area contributed by atoms with Crippen LogP contribution in [0.4, 0.5) is 0 Å². The molecule has 7 heteroatoms. The van der Waals surface area contributed by atoms with E-state index in [0.29, 0.717) is 13.2 Å². The molecule has 1 N–H and O–H groups in total. The van der Waals surface area contributed by atoms with Crippen LogP contribution in [0.5, 0.6) is 11.5 Å². The van der Waals surface area contributed by atoms with Gasteiger partial charge in [-0.3, -0.25) is 4.90 Å². The molecular weight excluding hydrogens is 422 g/mol. The summed E-state index contributed by atoms with van der Waals surface area (Å²) < 4.78 is 12.7. The maximum absolute atomic E-state index is 10.4. The maximum atomic E-state index is 10.4. The molecule has 4 rings (SSSR count). The van der Waals surface area contributed by atoms with E-state index in [1.54, 1.807) is 11.3 Å². The van der Waals surface area contributed by atoms with E-state index in [1.807, 2.05) is 55.5 Å². The van der Waals surface area contributed by atoms with Crippen molar-refractivity contribution in [2.75, 3.05) is 52.5 Å². The van der Waals surface area contributed by atoms with Crippen LogP contribution < -0.4 is 9.47 Å². The number of aliphatic hydroxyl groups excluding tert-OH is 1. The van der Waals surface area contributed by atoms with Gasteiger partial charge < -0.3 is 19.5 Å². The summed E-state index contributed by atoms with van der Waals surface area (Å²) in [5, 5.41) is 11.5. The summed E-state index contributed by atoms with van der Waals surface area (Å²) in [4.78, 5) is 9.34. The smallest absolute Gasteiger partial charge is 0.121 e. The van der Waals surface area contributed by atoms with Crippen molar-refractivity contribution < 1.29 is 14.6 Å². The number of hydrogen-bond donors (Lipinski definition) is 1. The summed E-state index contributed by atoms with van der Waals surface area (Å²) >= 11 is 1.68. The fourth-order valence-corrected chi connectivity index (χ4v) is 4.80. The van der Waals surface area contributed by atoms with Crippen molar-refractivity contribution in [3.05, 3.63) is 53.5 Å². The number of piperazine rings is 1. The first-order chi connectivity index (χ1) is 15.7. The van der Waals surface area contributed by atoms with Gasteiger partial charge in [0.1, 0.15) is 24.2 Å². The number of ether oxygens (including phenoxy) is 2. The molecule has 1 saturated heterocycles. The Morgan fingerprint density at radius 3 is 2.56 bits per heavy atom. The summed E-state index contributed by atoms with van der Waals surface area (Å²) in [6, 6.07) is 15.9. The van der Waals surface area contributed by atoms with E-state index in [4.69, 9.17) is 9.47 Å². The molecule has 172 valence electrons. The third kappa shape index (κ3) is 6.90. The molecule has 32 heavy (non-hydrogen) atoms. The molecule has 0 saturated carbocycles. The molecule has 1 fully saturated rings. The zero-order valence-electron chi connectivity index (χ0n) is 18.8. The van der Waals surface area contributed by atoms with Gasteiger partial charge in [-0.25, -0.2) is 4.98 Å². The molecule has 0 amide bonds. The zero-order valence-corrected chi connectivity index (χ0v) is 19.6. The average Bonchev–Trinajstić information content (AvgIpc) is 3.18. The van der Waals surface area contributed by atoms with Gasteiger partial charge in [-0.05, 0) is 50.6 Å². The molecule has 1 aromatic heterocycles. The van der Waals surface area contributed by atoms with E-state index < -0.39 is 6.10 Å². The number of para-hydroxylation sites is 1. The van der Waals surface area contributed by atoms with Gasteiger partial charge >= 0.3 is 0 Å². The maximum Gasteiger partial charge on any atom is 0.121 e. The number of aryl methyl sites for hydroxylation is 1. The summed E-state index contributed by atoms with van der Waals surface area (Å²) in [5.74, 6) is 1.71. The van der Waals surface area contributed by atoms with Crippen LogP contribution in [0.15, 0.2) is 48.5 Å². The second-order valence-electron chi connectivity index (χ2n) is 8.34. The minimum Gasteiger partial charge on any atom is -0.494 e. The van der Waals surface area contributed by atoms with Gasteiger partial charge in [0.25, 0.3) is 0 Å². The quantitative estimate of drug-likeness (QED) is 0.444. The minimum absolute atomic E-state index is 0.302. The second-order valence-corrected chi connectivity index (χ2v) is 9.57. The molecule has 0 bridgehead atoms. The van der Waals surface area contributed by atoms with Crippen molar-refractivity contribution in [2.45, 2.75) is 25.9 Å². The Hall–Kier alpha value is -2.19. The van der Waals surface area contributed by atoms with E-state index in [1.165, 1.54) is 0 Å². The first-order valence-electron chi connectivity index (χ1n) is 11.5. The average molecular weight is 456 g/mol. The lowest BCUT2D eigenvalue weighted by molar-refractivity contribution is 0.0456. The number of nitrogens with zero attached hydrogens (tertiary/aromatic N) is 3. The number of β-amino-alcohol motifs (C(OH)–C–C–N with tert-alkyl or cyclic N) is 1. The number of hydrogen-bond acceptors (Lipinski definition) is 7. The number of fused-ring (bicyclic) bond motifs is 1. The van der Waals surface area contributed by atoms with Gasteiger partial charge in [-0.1, -0.05) is 18.2 Å². The van der Waals surface area contributed by atoms with Crippen LogP contribution in [0.3, 0.4) is 0 Å². The fraction of sp³-hybridized carbons (Fsp3) is 0.480. The lowest BCUT2D eigenvalue weighted by Gasteiger charge is -2.35. The first-order valence-corrected chi connectivity index (χ1v) is 12.3. The Kier molecular flexibility index (Phi) is 8.34. The van der Waals surface area contributed by atoms with Crippen LogP contribution >= 0.6 is 11.3 Å². The van der Waals surface area contributed by atoms with Gasteiger partial charge in [0.05, 0.1) is 21.8 Å². The molecule has 2 aromatic carbocycles. The SMILES string of the molecule is Cc1nc2cc(OC[C@H](O)CN3CCN(CCCCOc4ccccc4)CC3)ccc2s1. The molecule has 1 aliphatic rings. The molecule has 6 nitrogen and oxygen atoms in total. The third-order valence-electron chi connectivity index (χ3n) is 5.72.